The molecule has 0 radical (unpaired) electrons. The summed E-state index contributed by atoms with van der Waals surface area (Å²) in [6, 6.07) is 13.5. The lowest BCUT2D eigenvalue weighted by Crippen LogP contribution is -2.14. The summed E-state index contributed by atoms with van der Waals surface area (Å²) < 4.78 is 14.5. The van der Waals surface area contributed by atoms with Gasteiger partial charge in [-0.3, -0.25) is 10.1 Å². The maximum atomic E-state index is 13.0. The van der Waals surface area contributed by atoms with E-state index in [1.54, 1.807) is 37.4 Å². The molecule has 6 nitrogen and oxygen atoms in total. The summed E-state index contributed by atoms with van der Waals surface area (Å²) in [5.74, 6) is -0.163. The van der Waals surface area contributed by atoms with Crippen LogP contribution in [0, 0.1) is 12.7 Å². The molecule has 0 bridgehead atoms. The lowest BCUT2D eigenvalue weighted by molar-refractivity contribution is 0.101. The molecule has 2 heterocycles. The van der Waals surface area contributed by atoms with Gasteiger partial charge in [-0.1, -0.05) is 35.9 Å². The number of halogens is 2. The van der Waals surface area contributed by atoms with E-state index in [1.807, 2.05) is 12.1 Å². The molecule has 0 aliphatic rings. The van der Waals surface area contributed by atoms with Gasteiger partial charge in [0.1, 0.15) is 11.6 Å². The highest BCUT2D eigenvalue weighted by Gasteiger charge is 2.18. The average Bonchev–Trinajstić information content (AvgIpc) is 3.30. The normalized spacial score (nSPS) is 10.9. The molecule has 0 aliphatic carbocycles. The van der Waals surface area contributed by atoms with Gasteiger partial charge in [-0.2, -0.15) is 0 Å². The summed E-state index contributed by atoms with van der Waals surface area (Å²) in [4.78, 5) is 21.9. The van der Waals surface area contributed by atoms with Crippen molar-refractivity contribution in [2.75, 3.05) is 5.32 Å². The fourth-order valence-corrected chi connectivity index (χ4v) is 3.80. The molecule has 146 valence electrons. The number of benzene rings is 2. The second kappa shape index (κ2) is 8.10. The Bertz CT molecular complexity index is 1170. The minimum atomic E-state index is -0.457. The highest BCUT2D eigenvalue weighted by molar-refractivity contribution is 7.15. The zero-order chi connectivity index (χ0) is 20.4. The minimum absolute atomic E-state index is 0.0257. The topological polar surface area (TPSA) is 72.7 Å². The van der Waals surface area contributed by atoms with Gasteiger partial charge in [0.25, 0.3) is 5.91 Å². The molecule has 9 heteroatoms. The molecule has 4 rings (SSSR count). The standard InChI is InChI=1S/C20H15ClFN5OS/c1-12-24-18(26-27(12)17-5-3-2-4-16(17)21)19(28)25-20-23-11-15(29-20)10-13-6-8-14(22)9-7-13/h2-9,11H,10H2,1H3,(H,23,25,28). The van der Waals surface area contributed by atoms with E-state index in [4.69, 9.17) is 11.6 Å². The molecule has 2 aromatic carbocycles. The summed E-state index contributed by atoms with van der Waals surface area (Å²) in [5, 5.41) is 7.94. The molecule has 0 saturated heterocycles. The molecule has 0 atom stereocenters. The summed E-state index contributed by atoms with van der Waals surface area (Å²) in [5.41, 5.74) is 1.61. The molecule has 1 N–H and O–H groups in total. The van der Waals surface area contributed by atoms with Crippen LogP contribution in [-0.4, -0.2) is 25.7 Å². The van der Waals surface area contributed by atoms with E-state index in [1.165, 1.54) is 28.2 Å². The molecule has 29 heavy (non-hydrogen) atoms. The number of anilines is 1. The Morgan fingerprint density at radius 2 is 1.97 bits per heavy atom. The fourth-order valence-electron chi connectivity index (χ4n) is 2.74. The lowest BCUT2D eigenvalue weighted by Gasteiger charge is -2.04. The van der Waals surface area contributed by atoms with Crippen molar-refractivity contribution in [1.29, 1.82) is 0 Å². The first-order chi connectivity index (χ1) is 14.0. The second-order valence-corrected chi connectivity index (χ2v) is 7.76. The first kappa shape index (κ1) is 19.2. The summed E-state index contributed by atoms with van der Waals surface area (Å²) >= 11 is 7.55. The first-order valence-corrected chi connectivity index (χ1v) is 9.88. The van der Waals surface area contributed by atoms with Crippen LogP contribution >= 0.6 is 22.9 Å². The third-order valence-corrected chi connectivity index (χ3v) is 5.35. The van der Waals surface area contributed by atoms with E-state index in [-0.39, 0.29) is 11.6 Å². The number of carbonyl (C=O) groups excluding carboxylic acids is 1. The SMILES string of the molecule is Cc1nc(C(=O)Nc2ncc(Cc3ccc(F)cc3)s2)nn1-c1ccccc1Cl. The van der Waals surface area contributed by atoms with Crippen molar-refractivity contribution in [2.45, 2.75) is 13.3 Å². The third-order valence-electron chi connectivity index (χ3n) is 4.12. The van der Waals surface area contributed by atoms with Gasteiger partial charge in [-0.05, 0) is 36.8 Å². The predicted molar refractivity (Wildman–Crippen MR) is 110 cm³/mol. The van der Waals surface area contributed by atoms with Crippen LogP contribution in [0.4, 0.5) is 9.52 Å². The maximum Gasteiger partial charge on any atom is 0.297 e. The zero-order valence-electron chi connectivity index (χ0n) is 15.3. The Kier molecular flexibility index (Phi) is 5.37. The fraction of sp³-hybridized carbons (Fsp3) is 0.100. The van der Waals surface area contributed by atoms with Gasteiger partial charge in [-0.25, -0.2) is 19.0 Å². The number of rotatable bonds is 5. The predicted octanol–water partition coefficient (Wildman–Crippen LogP) is 4.67. The molecular formula is C20H15ClFN5OS. The molecule has 1 amide bonds. The number of carbonyl (C=O) groups is 1. The number of nitrogens with one attached hydrogen (secondary N) is 1. The summed E-state index contributed by atoms with van der Waals surface area (Å²) in [6.07, 6.45) is 2.29. The number of nitrogens with zero attached hydrogens (tertiary/aromatic N) is 4. The molecule has 4 aromatic rings. The Balaban J connectivity index is 1.48. The molecule has 0 spiro atoms. The van der Waals surface area contributed by atoms with Crippen molar-refractivity contribution in [1.82, 2.24) is 19.7 Å². The average molecular weight is 428 g/mol. The molecule has 0 aliphatic heterocycles. The zero-order valence-corrected chi connectivity index (χ0v) is 16.8. The van der Waals surface area contributed by atoms with Crippen LogP contribution in [0.3, 0.4) is 0 Å². The van der Waals surface area contributed by atoms with Crippen molar-refractivity contribution in [3.05, 3.63) is 87.7 Å². The van der Waals surface area contributed by atoms with Gasteiger partial charge < -0.3 is 0 Å². The van der Waals surface area contributed by atoms with E-state index >= 15 is 0 Å². The Morgan fingerprint density at radius 3 is 2.72 bits per heavy atom. The van der Waals surface area contributed by atoms with Crippen molar-refractivity contribution < 1.29 is 9.18 Å². The van der Waals surface area contributed by atoms with Crippen LogP contribution in [0.1, 0.15) is 26.9 Å². The van der Waals surface area contributed by atoms with E-state index in [0.29, 0.717) is 28.1 Å². The van der Waals surface area contributed by atoms with E-state index in [9.17, 15) is 9.18 Å². The van der Waals surface area contributed by atoms with E-state index < -0.39 is 5.91 Å². The van der Waals surface area contributed by atoms with Crippen LogP contribution in [0.5, 0.6) is 0 Å². The van der Waals surface area contributed by atoms with Crippen molar-refractivity contribution >= 4 is 34.0 Å². The quantitative estimate of drug-likeness (QED) is 0.502. The number of aromatic nitrogens is 4. The highest BCUT2D eigenvalue weighted by atomic mass is 35.5. The minimum Gasteiger partial charge on any atom is -0.295 e. The van der Waals surface area contributed by atoms with Gasteiger partial charge in [-0.15, -0.1) is 16.4 Å². The van der Waals surface area contributed by atoms with Crippen LogP contribution in [0.2, 0.25) is 5.02 Å². The Labute approximate surface area is 175 Å². The van der Waals surface area contributed by atoms with Crippen molar-refractivity contribution in [3.8, 4) is 5.69 Å². The number of thiazole rings is 1. The number of hydrogen-bond donors (Lipinski definition) is 1. The smallest absolute Gasteiger partial charge is 0.295 e. The highest BCUT2D eigenvalue weighted by Crippen LogP contribution is 2.23. The van der Waals surface area contributed by atoms with Gasteiger partial charge in [0, 0.05) is 17.5 Å². The van der Waals surface area contributed by atoms with Crippen LogP contribution < -0.4 is 5.32 Å². The number of amides is 1. The third kappa shape index (κ3) is 4.33. The van der Waals surface area contributed by atoms with Crippen LogP contribution in [-0.2, 0) is 6.42 Å². The second-order valence-electron chi connectivity index (χ2n) is 6.23. The number of para-hydroxylation sites is 1. The Morgan fingerprint density at radius 1 is 1.21 bits per heavy atom. The lowest BCUT2D eigenvalue weighted by atomic mass is 10.1. The molecular weight excluding hydrogens is 413 g/mol. The largest absolute Gasteiger partial charge is 0.297 e. The van der Waals surface area contributed by atoms with E-state index in [2.05, 4.69) is 20.4 Å². The molecule has 0 unspecified atom stereocenters. The van der Waals surface area contributed by atoms with Gasteiger partial charge in [0.2, 0.25) is 5.82 Å². The molecule has 0 saturated carbocycles. The summed E-state index contributed by atoms with van der Waals surface area (Å²) in [6.45, 7) is 1.75. The van der Waals surface area contributed by atoms with Crippen LogP contribution in [0.25, 0.3) is 5.69 Å². The van der Waals surface area contributed by atoms with Crippen molar-refractivity contribution in [3.63, 3.8) is 0 Å². The van der Waals surface area contributed by atoms with Gasteiger partial charge in [0.05, 0.1) is 10.7 Å². The van der Waals surface area contributed by atoms with Crippen LogP contribution in [0.15, 0.2) is 54.7 Å². The summed E-state index contributed by atoms with van der Waals surface area (Å²) in [7, 11) is 0. The van der Waals surface area contributed by atoms with E-state index in [0.717, 1.165) is 10.4 Å². The number of hydrogen-bond acceptors (Lipinski definition) is 5. The Hall–Kier alpha value is -3.10. The molecule has 0 fully saturated rings. The van der Waals surface area contributed by atoms with Gasteiger partial charge >= 0.3 is 0 Å². The first-order valence-electron chi connectivity index (χ1n) is 8.68. The maximum absolute atomic E-state index is 13.0. The monoisotopic (exact) mass is 427 g/mol. The number of aryl methyl sites for hydroxylation is 1. The molecule has 2 aromatic heterocycles. The van der Waals surface area contributed by atoms with Gasteiger partial charge in [0.15, 0.2) is 5.13 Å². The van der Waals surface area contributed by atoms with Crippen molar-refractivity contribution in [2.24, 2.45) is 0 Å².